The van der Waals surface area contributed by atoms with E-state index in [1.54, 1.807) is 17.8 Å². The molecule has 0 N–H and O–H groups in total. The number of rotatable bonds is 4. The van der Waals surface area contributed by atoms with Gasteiger partial charge in [0.2, 0.25) is 0 Å². The van der Waals surface area contributed by atoms with Gasteiger partial charge in [-0.1, -0.05) is 24.3 Å². The molecule has 124 valence electrons. The first-order valence-corrected chi connectivity index (χ1v) is 8.00. The minimum Gasteiger partial charge on any atom is -0.295 e. The summed E-state index contributed by atoms with van der Waals surface area (Å²) in [7, 11) is 1.89. The molecule has 0 aliphatic carbocycles. The van der Waals surface area contributed by atoms with Crippen molar-refractivity contribution in [3.63, 3.8) is 0 Å². The van der Waals surface area contributed by atoms with E-state index in [2.05, 4.69) is 21.2 Å². The third kappa shape index (κ3) is 2.94. The first-order chi connectivity index (χ1) is 12.1. The Balaban J connectivity index is 1.68. The second-order valence-corrected chi connectivity index (χ2v) is 6.09. The Bertz CT molecular complexity index is 1060. The van der Waals surface area contributed by atoms with Crippen LogP contribution < -0.4 is 0 Å². The Labute approximate surface area is 144 Å². The number of Topliss-reactive ketones (excluding diaryl/α,β-unsaturated/α-hetero) is 1. The van der Waals surface area contributed by atoms with E-state index < -0.39 is 0 Å². The number of aryl methyl sites for hydroxylation is 1. The maximum atomic E-state index is 11.4. The molecule has 0 bridgehead atoms. The van der Waals surface area contributed by atoms with E-state index in [1.165, 1.54) is 0 Å². The van der Waals surface area contributed by atoms with Crippen molar-refractivity contribution in [1.29, 1.82) is 0 Å². The molecule has 0 fully saturated rings. The lowest BCUT2D eigenvalue weighted by Gasteiger charge is -2.06. The van der Waals surface area contributed by atoms with Gasteiger partial charge in [0, 0.05) is 36.1 Å². The first-order valence-electron chi connectivity index (χ1n) is 8.00. The van der Waals surface area contributed by atoms with Gasteiger partial charge in [0.15, 0.2) is 5.78 Å². The van der Waals surface area contributed by atoms with E-state index >= 15 is 0 Å². The summed E-state index contributed by atoms with van der Waals surface area (Å²) in [5.41, 5.74) is 5.66. The first kappa shape index (κ1) is 15.3. The van der Waals surface area contributed by atoms with Crippen LogP contribution in [0.1, 0.15) is 22.8 Å². The number of hydrogen-bond donors (Lipinski definition) is 0. The highest BCUT2D eigenvalue weighted by atomic mass is 16.1. The number of aromatic nitrogens is 5. The molecule has 0 spiro atoms. The Morgan fingerprint density at radius 1 is 1.04 bits per heavy atom. The molecule has 0 saturated carbocycles. The van der Waals surface area contributed by atoms with Crippen molar-refractivity contribution in [2.24, 2.45) is 7.05 Å². The quantitative estimate of drug-likeness (QED) is 0.539. The molecule has 6 heteroatoms. The molecule has 4 rings (SSSR count). The average molecular weight is 331 g/mol. The van der Waals surface area contributed by atoms with Gasteiger partial charge in [-0.2, -0.15) is 10.2 Å². The zero-order valence-electron chi connectivity index (χ0n) is 14.0. The van der Waals surface area contributed by atoms with Crippen molar-refractivity contribution >= 4 is 16.8 Å². The Morgan fingerprint density at radius 3 is 2.52 bits per heavy atom. The summed E-state index contributed by atoms with van der Waals surface area (Å²) in [6.07, 6.45) is 7.40. The van der Waals surface area contributed by atoms with E-state index in [4.69, 9.17) is 0 Å². The van der Waals surface area contributed by atoms with Gasteiger partial charge >= 0.3 is 0 Å². The summed E-state index contributed by atoms with van der Waals surface area (Å²) in [4.78, 5) is 15.9. The standard InChI is InChI=1S/C19H17N5O/c1-13(25)15-5-3-14(4-6-15)11-24-19-7-16(8-20-18(19)10-22-24)17-9-21-23(2)12-17/h3-10,12H,11H2,1-2H3. The number of hydrogen-bond acceptors (Lipinski definition) is 4. The molecule has 3 aromatic heterocycles. The number of fused-ring (bicyclic) bond motifs is 1. The smallest absolute Gasteiger partial charge is 0.159 e. The Kier molecular flexibility index (Phi) is 3.65. The lowest BCUT2D eigenvalue weighted by atomic mass is 10.1. The maximum absolute atomic E-state index is 11.4. The van der Waals surface area contributed by atoms with Crippen LogP contribution in [-0.2, 0) is 13.6 Å². The summed E-state index contributed by atoms with van der Waals surface area (Å²) >= 11 is 0. The van der Waals surface area contributed by atoms with Crippen LogP contribution in [0.5, 0.6) is 0 Å². The lowest BCUT2D eigenvalue weighted by molar-refractivity contribution is 0.101. The summed E-state index contributed by atoms with van der Waals surface area (Å²) < 4.78 is 3.69. The van der Waals surface area contributed by atoms with Crippen LogP contribution >= 0.6 is 0 Å². The molecule has 0 unspecified atom stereocenters. The van der Waals surface area contributed by atoms with E-state index in [-0.39, 0.29) is 5.78 Å². The highest BCUT2D eigenvalue weighted by Gasteiger charge is 2.09. The number of nitrogens with zero attached hydrogens (tertiary/aromatic N) is 5. The highest BCUT2D eigenvalue weighted by Crippen LogP contribution is 2.22. The van der Waals surface area contributed by atoms with Crippen molar-refractivity contribution in [2.75, 3.05) is 0 Å². The van der Waals surface area contributed by atoms with Gasteiger partial charge in [-0.3, -0.25) is 19.1 Å². The topological polar surface area (TPSA) is 65.6 Å². The molecule has 6 nitrogen and oxygen atoms in total. The van der Waals surface area contributed by atoms with Crippen LogP contribution in [0.4, 0.5) is 0 Å². The predicted molar refractivity (Wildman–Crippen MR) is 95.3 cm³/mol. The summed E-state index contributed by atoms with van der Waals surface area (Å²) in [6.45, 7) is 2.20. The maximum Gasteiger partial charge on any atom is 0.159 e. The van der Waals surface area contributed by atoms with Gasteiger partial charge in [-0.15, -0.1) is 0 Å². The predicted octanol–water partition coefficient (Wildman–Crippen LogP) is 3.08. The van der Waals surface area contributed by atoms with Gasteiger partial charge in [0.25, 0.3) is 0 Å². The number of ketones is 1. The molecular weight excluding hydrogens is 314 g/mol. The third-order valence-corrected chi connectivity index (χ3v) is 4.23. The summed E-state index contributed by atoms with van der Waals surface area (Å²) in [6, 6.07) is 9.70. The molecule has 0 radical (unpaired) electrons. The lowest BCUT2D eigenvalue weighted by Crippen LogP contribution is -2.02. The van der Waals surface area contributed by atoms with Crippen LogP contribution in [0.2, 0.25) is 0 Å². The van der Waals surface area contributed by atoms with Crippen molar-refractivity contribution < 1.29 is 4.79 Å². The zero-order chi connectivity index (χ0) is 17.4. The number of pyridine rings is 1. The van der Waals surface area contributed by atoms with Gasteiger partial charge in [-0.25, -0.2) is 0 Å². The summed E-state index contributed by atoms with van der Waals surface area (Å²) in [5.74, 6) is 0.0707. The Morgan fingerprint density at radius 2 is 1.84 bits per heavy atom. The van der Waals surface area contributed by atoms with Crippen LogP contribution in [0, 0.1) is 0 Å². The molecule has 0 aliphatic rings. The third-order valence-electron chi connectivity index (χ3n) is 4.23. The van der Waals surface area contributed by atoms with E-state index in [9.17, 15) is 4.79 Å². The normalized spacial score (nSPS) is 11.1. The minimum absolute atomic E-state index is 0.0707. The molecule has 25 heavy (non-hydrogen) atoms. The number of carbonyl (C=O) groups is 1. The molecule has 0 amide bonds. The van der Waals surface area contributed by atoms with Crippen molar-refractivity contribution in [2.45, 2.75) is 13.5 Å². The van der Waals surface area contributed by atoms with Crippen LogP contribution in [0.3, 0.4) is 0 Å². The fraction of sp³-hybridized carbons (Fsp3) is 0.158. The van der Waals surface area contributed by atoms with Crippen molar-refractivity contribution in [3.8, 4) is 11.1 Å². The Hall–Kier alpha value is -3.28. The molecule has 0 atom stereocenters. The van der Waals surface area contributed by atoms with Crippen LogP contribution in [-0.4, -0.2) is 30.3 Å². The van der Waals surface area contributed by atoms with Crippen LogP contribution in [0.15, 0.2) is 55.1 Å². The number of carbonyl (C=O) groups excluding carboxylic acids is 1. The van der Waals surface area contributed by atoms with Crippen LogP contribution in [0.25, 0.3) is 22.2 Å². The zero-order valence-corrected chi connectivity index (χ0v) is 14.0. The van der Waals surface area contributed by atoms with E-state index in [1.807, 2.05) is 54.6 Å². The molecular formula is C19H17N5O. The minimum atomic E-state index is 0.0707. The highest BCUT2D eigenvalue weighted by molar-refractivity contribution is 5.94. The fourth-order valence-electron chi connectivity index (χ4n) is 2.83. The molecule has 4 aromatic rings. The fourth-order valence-corrected chi connectivity index (χ4v) is 2.83. The average Bonchev–Trinajstić information content (AvgIpc) is 3.22. The van der Waals surface area contributed by atoms with Crippen molar-refractivity contribution in [3.05, 3.63) is 66.2 Å². The molecule has 0 aliphatic heterocycles. The SMILES string of the molecule is CC(=O)c1ccc(Cn2ncc3ncc(-c4cnn(C)c4)cc32)cc1. The van der Waals surface area contributed by atoms with Gasteiger partial charge in [0.1, 0.15) is 5.52 Å². The second kappa shape index (κ2) is 5.98. The van der Waals surface area contributed by atoms with Gasteiger partial charge in [-0.05, 0) is 18.6 Å². The van der Waals surface area contributed by atoms with E-state index in [0.29, 0.717) is 6.54 Å². The largest absolute Gasteiger partial charge is 0.295 e. The summed E-state index contributed by atoms with van der Waals surface area (Å²) in [5, 5.41) is 8.67. The second-order valence-electron chi connectivity index (χ2n) is 6.09. The van der Waals surface area contributed by atoms with E-state index in [0.717, 1.165) is 33.3 Å². The van der Waals surface area contributed by atoms with Gasteiger partial charge in [0.05, 0.1) is 24.5 Å². The molecule has 3 heterocycles. The van der Waals surface area contributed by atoms with Gasteiger partial charge < -0.3 is 0 Å². The monoisotopic (exact) mass is 331 g/mol. The van der Waals surface area contributed by atoms with Crippen molar-refractivity contribution in [1.82, 2.24) is 24.5 Å². The molecule has 0 saturated heterocycles. The number of benzene rings is 1. The molecule has 1 aromatic carbocycles.